The van der Waals surface area contributed by atoms with Crippen LogP contribution in [0.2, 0.25) is 18.1 Å². The van der Waals surface area contributed by atoms with Crippen LogP contribution in [-0.4, -0.2) is 37.5 Å². The van der Waals surface area contributed by atoms with Crippen molar-refractivity contribution in [3.05, 3.63) is 32.9 Å². The van der Waals surface area contributed by atoms with E-state index in [0.717, 1.165) is 0 Å². The number of allylic oxidation sites excluding steroid dienone is 3. The van der Waals surface area contributed by atoms with Crippen LogP contribution in [0.4, 0.5) is 0 Å². The molecule has 0 unspecified atom stereocenters. The van der Waals surface area contributed by atoms with Crippen molar-refractivity contribution >= 4 is 19.9 Å². The number of ketones is 2. The highest BCUT2D eigenvalue weighted by Gasteiger charge is 2.40. The molecular formula is C17H27NO5Si. The number of hydrogen-bond acceptors (Lipinski definition) is 5. The van der Waals surface area contributed by atoms with Crippen molar-refractivity contribution in [2.75, 3.05) is 6.54 Å². The van der Waals surface area contributed by atoms with Crippen molar-refractivity contribution < 1.29 is 18.9 Å². The minimum atomic E-state index is -2.19. The number of carbonyl (C=O) groups excluding carboxylic acids is 2. The minimum Gasteiger partial charge on any atom is -0.407 e. The Bertz CT molecular complexity index is 625. The van der Waals surface area contributed by atoms with Crippen molar-refractivity contribution in [3.63, 3.8) is 0 Å². The summed E-state index contributed by atoms with van der Waals surface area (Å²) in [7, 11) is -2.19. The molecule has 0 N–H and O–H groups in total. The van der Waals surface area contributed by atoms with Crippen molar-refractivity contribution in [1.29, 1.82) is 0 Å². The number of Topliss-reactive ketones (excluding diaryl/α,β-unsaturated/α-hetero) is 1. The Morgan fingerprint density at radius 3 is 2.25 bits per heavy atom. The maximum absolute atomic E-state index is 11.9. The van der Waals surface area contributed by atoms with Gasteiger partial charge in [0.15, 0.2) is 8.32 Å². The molecular weight excluding hydrogens is 326 g/mol. The zero-order valence-electron chi connectivity index (χ0n) is 15.6. The molecule has 0 aromatic heterocycles. The Balaban J connectivity index is 3.11. The summed E-state index contributed by atoms with van der Waals surface area (Å²) in [6.45, 7) is 13.3. The van der Waals surface area contributed by atoms with Gasteiger partial charge in [0.1, 0.15) is 6.10 Å². The maximum atomic E-state index is 11.9. The average molecular weight is 353 g/mol. The van der Waals surface area contributed by atoms with Gasteiger partial charge in [-0.1, -0.05) is 20.8 Å². The van der Waals surface area contributed by atoms with Crippen LogP contribution < -0.4 is 0 Å². The van der Waals surface area contributed by atoms with Gasteiger partial charge in [0.05, 0.1) is 0 Å². The summed E-state index contributed by atoms with van der Waals surface area (Å²) in [5, 5.41) is 11.0. The van der Waals surface area contributed by atoms with Crippen LogP contribution >= 0.6 is 0 Å². The van der Waals surface area contributed by atoms with Crippen LogP contribution in [0.5, 0.6) is 0 Å². The third-order valence-electron chi connectivity index (χ3n) is 4.89. The molecule has 1 aliphatic rings. The fourth-order valence-corrected chi connectivity index (χ4v) is 3.76. The van der Waals surface area contributed by atoms with E-state index in [4.69, 9.17) is 4.43 Å². The SMILES string of the molecule is CC1=CC(=O)C(=O)C(C)=C1C[C@H](C[N+](=O)[O-])O[Si](C)(C)C(C)(C)C. The van der Waals surface area contributed by atoms with Gasteiger partial charge in [0.25, 0.3) is 0 Å². The highest BCUT2D eigenvalue weighted by atomic mass is 28.4. The van der Waals surface area contributed by atoms with E-state index in [1.54, 1.807) is 13.8 Å². The van der Waals surface area contributed by atoms with Crippen LogP contribution in [0.3, 0.4) is 0 Å². The third-order valence-corrected chi connectivity index (χ3v) is 9.43. The van der Waals surface area contributed by atoms with E-state index in [1.807, 2.05) is 13.1 Å². The van der Waals surface area contributed by atoms with E-state index in [9.17, 15) is 19.7 Å². The van der Waals surface area contributed by atoms with Crippen LogP contribution in [0.1, 0.15) is 41.0 Å². The zero-order chi connectivity index (χ0) is 18.9. The van der Waals surface area contributed by atoms with Crippen molar-refractivity contribution in [2.24, 2.45) is 0 Å². The molecule has 0 heterocycles. The first kappa shape index (κ1) is 20.4. The number of carbonyl (C=O) groups is 2. The smallest absolute Gasteiger partial charge is 0.228 e. The van der Waals surface area contributed by atoms with Gasteiger partial charge in [-0.2, -0.15) is 0 Å². The number of hydrogen-bond donors (Lipinski definition) is 0. The van der Waals surface area contributed by atoms with Crippen LogP contribution in [0.25, 0.3) is 0 Å². The monoisotopic (exact) mass is 353 g/mol. The summed E-state index contributed by atoms with van der Waals surface area (Å²) in [4.78, 5) is 34.2. The van der Waals surface area contributed by atoms with E-state index < -0.39 is 26.0 Å². The molecule has 0 aromatic carbocycles. The first-order valence-corrected chi connectivity index (χ1v) is 10.9. The molecule has 1 rings (SSSR count). The molecule has 7 heteroatoms. The quantitative estimate of drug-likeness (QED) is 0.240. The molecule has 24 heavy (non-hydrogen) atoms. The Morgan fingerprint density at radius 1 is 1.25 bits per heavy atom. The molecule has 6 nitrogen and oxygen atoms in total. The maximum Gasteiger partial charge on any atom is 0.228 e. The lowest BCUT2D eigenvalue weighted by Gasteiger charge is -2.38. The summed E-state index contributed by atoms with van der Waals surface area (Å²) in [5.41, 5.74) is 1.74. The van der Waals surface area contributed by atoms with Crippen molar-refractivity contribution in [1.82, 2.24) is 0 Å². The van der Waals surface area contributed by atoms with Gasteiger partial charge in [0, 0.05) is 16.9 Å². The van der Waals surface area contributed by atoms with Crippen LogP contribution in [0.15, 0.2) is 22.8 Å². The Morgan fingerprint density at radius 2 is 1.79 bits per heavy atom. The first-order valence-electron chi connectivity index (χ1n) is 8.03. The van der Waals surface area contributed by atoms with E-state index in [1.165, 1.54) is 6.08 Å². The standard InChI is InChI=1S/C17H27NO5Si/c1-11-8-15(19)16(20)12(2)14(11)9-13(10-18(21)22)23-24(6,7)17(3,4)5/h8,13H,9-10H2,1-7H3/t13-/m1/s1. The highest BCUT2D eigenvalue weighted by Crippen LogP contribution is 2.38. The Hall–Kier alpha value is -1.60. The van der Waals surface area contributed by atoms with E-state index in [-0.39, 0.29) is 22.9 Å². The number of nitrogens with zero attached hydrogens (tertiary/aromatic N) is 1. The average Bonchev–Trinajstić information content (AvgIpc) is 2.38. The lowest BCUT2D eigenvalue weighted by molar-refractivity contribution is -0.489. The van der Waals surface area contributed by atoms with Gasteiger partial charge in [-0.15, -0.1) is 0 Å². The molecule has 0 fully saturated rings. The third kappa shape index (κ3) is 4.70. The van der Waals surface area contributed by atoms with E-state index in [0.29, 0.717) is 16.7 Å². The van der Waals surface area contributed by atoms with Crippen LogP contribution in [0, 0.1) is 10.1 Å². The molecule has 0 aromatic rings. The van der Waals surface area contributed by atoms with Gasteiger partial charge >= 0.3 is 0 Å². The summed E-state index contributed by atoms with van der Waals surface area (Å²) in [5.74, 6) is -1.08. The lowest BCUT2D eigenvalue weighted by Crippen LogP contribution is -2.45. The van der Waals surface area contributed by atoms with Gasteiger partial charge in [-0.3, -0.25) is 19.7 Å². The number of rotatable bonds is 6. The molecule has 134 valence electrons. The molecule has 0 bridgehead atoms. The second-order valence-electron chi connectivity index (χ2n) is 7.84. The summed E-state index contributed by atoms with van der Waals surface area (Å²) in [6, 6.07) is 0. The highest BCUT2D eigenvalue weighted by molar-refractivity contribution is 6.74. The normalized spacial score (nSPS) is 17.9. The van der Waals surface area contributed by atoms with Gasteiger partial charge < -0.3 is 4.43 Å². The van der Waals surface area contributed by atoms with E-state index in [2.05, 4.69) is 20.8 Å². The largest absolute Gasteiger partial charge is 0.407 e. The van der Waals surface area contributed by atoms with Gasteiger partial charge in [-0.25, -0.2) is 0 Å². The molecule has 1 atom stereocenters. The molecule has 1 aliphatic carbocycles. The second kappa shape index (κ2) is 7.10. The lowest BCUT2D eigenvalue weighted by atomic mass is 9.87. The van der Waals surface area contributed by atoms with Crippen molar-refractivity contribution in [2.45, 2.75) is 65.3 Å². The number of nitro groups is 1. The van der Waals surface area contributed by atoms with E-state index >= 15 is 0 Å². The molecule has 0 saturated heterocycles. The predicted octanol–water partition coefficient (Wildman–Crippen LogP) is 3.46. The summed E-state index contributed by atoms with van der Waals surface area (Å²) < 4.78 is 6.21. The fourth-order valence-electron chi connectivity index (χ4n) is 2.41. The molecule has 0 aliphatic heterocycles. The Kier molecular flexibility index (Phi) is 6.05. The second-order valence-corrected chi connectivity index (χ2v) is 12.6. The van der Waals surface area contributed by atoms with Crippen LogP contribution in [-0.2, 0) is 14.0 Å². The minimum absolute atomic E-state index is 0.0749. The van der Waals surface area contributed by atoms with Gasteiger partial charge in [0.2, 0.25) is 18.1 Å². The molecule has 0 amide bonds. The predicted molar refractivity (Wildman–Crippen MR) is 95.0 cm³/mol. The molecule has 0 saturated carbocycles. The molecule has 0 spiro atoms. The summed E-state index contributed by atoms with van der Waals surface area (Å²) in [6.07, 6.45) is 0.955. The fraction of sp³-hybridized carbons (Fsp3) is 0.647. The van der Waals surface area contributed by atoms with Crippen molar-refractivity contribution in [3.8, 4) is 0 Å². The van der Waals surface area contributed by atoms with Gasteiger partial charge in [-0.05, 0) is 49.2 Å². The topological polar surface area (TPSA) is 86.5 Å². The summed E-state index contributed by atoms with van der Waals surface area (Å²) >= 11 is 0. The molecule has 0 radical (unpaired) electrons. The zero-order valence-corrected chi connectivity index (χ0v) is 16.6. The Labute approximate surface area is 144 Å². The first-order chi connectivity index (χ1) is 10.8.